The van der Waals surface area contributed by atoms with Crippen molar-refractivity contribution in [2.24, 2.45) is 0 Å². The van der Waals surface area contributed by atoms with E-state index in [0.717, 1.165) is 0 Å². The van der Waals surface area contributed by atoms with Gasteiger partial charge in [0.15, 0.2) is 5.78 Å². The zero-order chi connectivity index (χ0) is 12.7. The number of aromatic nitrogens is 1. The topological polar surface area (TPSA) is 72.2 Å². The van der Waals surface area contributed by atoms with Gasteiger partial charge in [-0.05, 0) is 18.2 Å². The lowest BCUT2D eigenvalue weighted by Crippen LogP contribution is -2.21. The number of nitrogens with one attached hydrogen (secondary N) is 1. The molecule has 18 heavy (non-hydrogen) atoms. The molecular weight excluding hydrogens is 256 g/mol. The number of amides is 1. The standard InChI is InChI=1S/C12H7ClN2O3/c13-8-2-1-7-10(15-8)9(12(17)14-7)11(16)6-3-4-18-5-6/h1-5,9H,(H,14,17). The largest absolute Gasteiger partial charge is 0.472 e. The monoisotopic (exact) mass is 262 g/mol. The number of nitrogens with zero attached hydrogens (tertiary/aromatic N) is 1. The van der Waals surface area contributed by atoms with Crippen LogP contribution in [0.25, 0.3) is 0 Å². The summed E-state index contributed by atoms with van der Waals surface area (Å²) in [5.74, 6) is -1.71. The van der Waals surface area contributed by atoms with Gasteiger partial charge in [-0.15, -0.1) is 0 Å². The number of furan rings is 1. The van der Waals surface area contributed by atoms with Gasteiger partial charge in [0.1, 0.15) is 17.3 Å². The van der Waals surface area contributed by atoms with Crippen LogP contribution in [0.2, 0.25) is 5.15 Å². The van der Waals surface area contributed by atoms with Crippen LogP contribution in [0.1, 0.15) is 22.0 Å². The average molecular weight is 263 g/mol. The second-order valence-corrected chi connectivity index (χ2v) is 4.25. The first-order chi connectivity index (χ1) is 8.66. The Hall–Kier alpha value is -2.14. The highest BCUT2D eigenvalue weighted by Crippen LogP contribution is 2.34. The van der Waals surface area contributed by atoms with E-state index in [0.29, 0.717) is 16.9 Å². The molecule has 1 atom stereocenters. The predicted molar refractivity (Wildman–Crippen MR) is 63.7 cm³/mol. The molecule has 6 heteroatoms. The third-order valence-corrected chi connectivity index (χ3v) is 2.96. The van der Waals surface area contributed by atoms with Crippen LogP contribution in [0.5, 0.6) is 0 Å². The van der Waals surface area contributed by atoms with Crippen LogP contribution in [0.3, 0.4) is 0 Å². The molecule has 90 valence electrons. The van der Waals surface area contributed by atoms with E-state index < -0.39 is 11.8 Å². The predicted octanol–water partition coefficient (Wildman–Crippen LogP) is 2.25. The lowest BCUT2D eigenvalue weighted by Gasteiger charge is -2.04. The Morgan fingerprint density at radius 3 is 2.94 bits per heavy atom. The summed E-state index contributed by atoms with van der Waals surface area (Å²) in [6, 6.07) is 4.70. The normalized spacial score (nSPS) is 17.4. The number of carbonyl (C=O) groups is 2. The van der Waals surface area contributed by atoms with Crippen molar-refractivity contribution in [3.05, 3.63) is 47.1 Å². The molecule has 3 rings (SSSR count). The summed E-state index contributed by atoms with van der Waals surface area (Å²) in [6.07, 6.45) is 2.69. The second kappa shape index (κ2) is 3.96. The van der Waals surface area contributed by atoms with Crippen molar-refractivity contribution in [1.29, 1.82) is 0 Å². The van der Waals surface area contributed by atoms with Gasteiger partial charge in [-0.1, -0.05) is 11.6 Å². The molecule has 1 N–H and O–H groups in total. The summed E-state index contributed by atoms with van der Waals surface area (Å²) in [4.78, 5) is 28.1. The summed E-state index contributed by atoms with van der Waals surface area (Å²) < 4.78 is 4.84. The van der Waals surface area contributed by atoms with Crippen molar-refractivity contribution in [3.63, 3.8) is 0 Å². The quantitative estimate of drug-likeness (QED) is 0.512. The van der Waals surface area contributed by atoms with Gasteiger partial charge in [0.05, 0.1) is 23.2 Å². The molecule has 0 fully saturated rings. The highest BCUT2D eigenvalue weighted by Gasteiger charge is 2.38. The van der Waals surface area contributed by atoms with Crippen molar-refractivity contribution in [2.75, 3.05) is 5.32 Å². The fraction of sp³-hybridized carbons (Fsp3) is 0.0833. The van der Waals surface area contributed by atoms with E-state index in [4.69, 9.17) is 16.0 Å². The molecule has 0 radical (unpaired) electrons. The van der Waals surface area contributed by atoms with E-state index in [1.807, 2.05) is 0 Å². The van der Waals surface area contributed by atoms with Gasteiger partial charge in [-0.3, -0.25) is 9.59 Å². The first-order valence-electron chi connectivity index (χ1n) is 5.20. The second-order valence-electron chi connectivity index (χ2n) is 3.87. The highest BCUT2D eigenvalue weighted by atomic mass is 35.5. The van der Waals surface area contributed by atoms with Gasteiger partial charge in [0.25, 0.3) is 0 Å². The van der Waals surface area contributed by atoms with E-state index in [9.17, 15) is 9.59 Å². The number of fused-ring (bicyclic) bond motifs is 1. The molecule has 0 saturated heterocycles. The Morgan fingerprint density at radius 2 is 2.22 bits per heavy atom. The molecule has 2 aromatic rings. The van der Waals surface area contributed by atoms with Crippen LogP contribution >= 0.6 is 11.6 Å². The van der Waals surface area contributed by atoms with Crippen LogP contribution in [-0.2, 0) is 4.79 Å². The third-order valence-electron chi connectivity index (χ3n) is 2.75. The number of Topliss-reactive ketones (excluding diaryl/α,β-unsaturated/α-hetero) is 1. The van der Waals surface area contributed by atoms with Crippen LogP contribution in [0.4, 0.5) is 5.69 Å². The van der Waals surface area contributed by atoms with Gasteiger partial charge in [0, 0.05) is 0 Å². The molecule has 1 amide bonds. The van der Waals surface area contributed by atoms with Gasteiger partial charge >= 0.3 is 0 Å². The third kappa shape index (κ3) is 1.60. The summed E-state index contributed by atoms with van der Waals surface area (Å²) in [6.45, 7) is 0. The minimum atomic E-state index is -0.962. The molecule has 1 unspecified atom stereocenters. The molecule has 0 aromatic carbocycles. The minimum absolute atomic E-state index is 0.246. The zero-order valence-electron chi connectivity index (χ0n) is 9.01. The summed E-state index contributed by atoms with van der Waals surface area (Å²) in [5, 5.41) is 2.85. The summed E-state index contributed by atoms with van der Waals surface area (Å²) >= 11 is 5.79. The molecule has 5 nitrogen and oxygen atoms in total. The van der Waals surface area contributed by atoms with E-state index >= 15 is 0 Å². The van der Waals surface area contributed by atoms with Crippen LogP contribution in [0, 0.1) is 0 Å². The minimum Gasteiger partial charge on any atom is -0.472 e. The Morgan fingerprint density at radius 1 is 1.39 bits per heavy atom. The van der Waals surface area contributed by atoms with Crippen molar-refractivity contribution in [2.45, 2.75) is 5.92 Å². The van der Waals surface area contributed by atoms with E-state index in [1.54, 1.807) is 12.1 Å². The van der Waals surface area contributed by atoms with Crippen LogP contribution in [0.15, 0.2) is 35.1 Å². The first-order valence-corrected chi connectivity index (χ1v) is 5.58. The lowest BCUT2D eigenvalue weighted by molar-refractivity contribution is -0.116. The highest BCUT2D eigenvalue weighted by molar-refractivity contribution is 6.30. The molecule has 1 aliphatic rings. The van der Waals surface area contributed by atoms with Crippen LogP contribution in [-0.4, -0.2) is 16.7 Å². The maximum Gasteiger partial charge on any atom is 0.241 e. The van der Waals surface area contributed by atoms with Gasteiger partial charge in [0.2, 0.25) is 5.91 Å². The summed E-state index contributed by atoms with van der Waals surface area (Å²) in [5.41, 5.74) is 1.22. The number of halogens is 1. The number of rotatable bonds is 2. The fourth-order valence-electron chi connectivity index (χ4n) is 1.92. The van der Waals surface area contributed by atoms with Gasteiger partial charge < -0.3 is 9.73 Å². The molecule has 0 bridgehead atoms. The zero-order valence-corrected chi connectivity index (χ0v) is 9.77. The van der Waals surface area contributed by atoms with E-state index in [-0.39, 0.29) is 10.9 Å². The molecule has 0 spiro atoms. The smallest absolute Gasteiger partial charge is 0.241 e. The average Bonchev–Trinajstić information content (AvgIpc) is 2.94. The van der Waals surface area contributed by atoms with Crippen molar-refractivity contribution < 1.29 is 14.0 Å². The van der Waals surface area contributed by atoms with E-state index in [1.165, 1.54) is 18.6 Å². The summed E-state index contributed by atoms with van der Waals surface area (Å²) in [7, 11) is 0. The Labute approximate surface area is 107 Å². The first kappa shape index (κ1) is 11.0. The molecule has 2 aromatic heterocycles. The van der Waals surface area contributed by atoms with Gasteiger partial charge in [-0.2, -0.15) is 0 Å². The molecule has 0 saturated carbocycles. The number of ketones is 1. The number of pyridine rings is 1. The Balaban J connectivity index is 2.06. The number of carbonyl (C=O) groups excluding carboxylic acids is 2. The molecule has 1 aliphatic heterocycles. The van der Waals surface area contributed by atoms with E-state index in [2.05, 4.69) is 10.3 Å². The molecule has 3 heterocycles. The lowest BCUT2D eigenvalue weighted by atomic mass is 9.97. The van der Waals surface area contributed by atoms with Crippen molar-refractivity contribution in [1.82, 2.24) is 4.98 Å². The number of anilines is 1. The maximum absolute atomic E-state index is 12.2. The van der Waals surface area contributed by atoms with Crippen molar-refractivity contribution in [3.8, 4) is 0 Å². The van der Waals surface area contributed by atoms with Crippen LogP contribution < -0.4 is 5.32 Å². The fourth-order valence-corrected chi connectivity index (χ4v) is 2.07. The molecular formula is C12H7ClN2O3. The number of hydrogen-bond acceptors (Lipinski definition) is 4. The maximum atomic E-state index is 12.2. The van der Waals surface area contributed by atoms with Gasteiger partial charge in [-0.25, -0.2) is 4.98 Å². The Bertz CT molecular complexity index is 637. The number of hydrogen-bond donors (Lipinski definition) is 1. The SMILES string of the molecule is O=C1Nc2ccc(Cl)nc2C1C(=O)c1ccoc1. The Kier molecular flexibility index (Phi) is 2.41. The van der Waals surface area contributed by atoms with Crippen molar-refractivity contribution >= 4 is 29.0 Å². The molecule has 0 aliphatic carbocycles.